The second-order valence-electron chi connectivity index (χ2n) is 8.40. The summed E-state index contributed by atoms with van der Waals surface area (Å²) < 4.78 is 64.9. The molecular weight excluding hydrogens is 433 g/mol. The van der Waals surface area contributed by atoms with Crippen LogP contribution in [-0.4, -0.2) is 57.3 Å². The fourth-order valence-corrected chi connectivity index (χ4v) is 4.45. The molecule has 0 aliphatic carbocycles. The molecule has 0 amide bonds. The van der Waals surface area contributed by atoms with Crippen LogP contribution in [0.1, 0.15) is 18.4 Å². The zero-order chi connectivity index (χ0) is 22.5. The molecule has 170 valence electrons. The van der Waals surface area contributed by atoms with Crippen LogP contribution in [0.15, 0.2) is 30.7 Å². The molecule has 0 saturated carbocycles. The van der Waals surface area contributed by atoms with Gasteiger partial charge >= 0.3 is 6.18 Å². The molecular formula is C20H20F5N7. The Hall–Kier alpha value is -3.05. The van der Waals surface area contributed by atoms with Gasteiger partial charge in [0.05, 0.1) is 18.0 Å². The molecule has 0 atom stereocenters. The van der Waals surface area contributed by atoms with Crippen molar-refractivity contribution in [1.82, 2.24) is 24.7 Å². The molecule has 5 rings (SSSR count). The first-order chi connectivity index (χ1) is 15.2. The summed E-state index contributed by atoms with van der Waals surface area (Å²) >= 11 is 0. The molecule has 0 radical (unpaired) electrons. The van der Waals surface area contributed by atoms with Gasteiger partial charge in [-0.15, -0.1) is 0 Å². The Morgan fingerprint density at radius 1 is 0.938 bits per heavy atom. The van der Waals surface area contributed by atoms with Crippen molar-refractivity contribution in [1.29, 1.82) is 0 Å². The highest BCUT2D eigenvalue weighted by Gasteiger charge is 2.45. The van der Waals surface area contributed by atoms with E-state index in [0.717, 1.165) is 38.2 Å². The number of hydrogen-bond donors (Lipinski definition) is 0. The Morgan fingerprint density at radius 2 is 1.69 bits per heavy atom. The first-order valence-electron chi connectivity index (χ1n) is 10.2. The van der Waals surface area contributed by atoms with Crippen molar-refractivity contribution in [2.24, 2.45) is 5.41 Å². The van der Waals surface area contributed by atoms with Crippen LogP contribution in [-0.2, 0) is 12.7 Å². The van der Waals surface area contributed by atoms with Gasteiger partial charge in [0.15, 0.2) is 5.65 Å². The van der Waals surface area contributed by atoms with E-state index < -0.39 is 24.7 Å². The first-order valence-corrected chi connectivity index (χ1v) is 10.2. The predicted octanol–water partition coefficient (Wildman–Crippen LogP) is 3.61. The SMILES string of the molecule is FC(F)Cn1ncc2ncc(N3CC4(CCN(c5ccc(C(F)(F)F)cn5)CC4)C3)nc21. The molecule has 2 saturated heterocycles. The Balaban J connectivity index is 1.21. The standard InChI is InChI=1S/C20H20F5N7/c21-15(22)10-32-18-14(8-28-32)26-9-17(29-18)31-11-19(12-31)3-5-30(6-4-19)16-2-1-13(7-27-16)20(23,24)25/h1-2,7-9,15H,3-6,10-12H2. The molecule has 2 fully saturated rings. The number of aromatic nitrogens is 5. The van der Waals surface area contributed by atoms with Crippen LogP contribution >= 0.6 is 0 Å². The quantitative estimate of drug-likeness (QED) is 0.563. The molecule has 1 spiro atoms. The summed E-state index contributed by atoms with van der Waals surface area (Å²) in [6.45, 7) is 2.42. The van der Waals surface area contributed by atoms with Crippen molar-refractivity contribution in [3.63, 3.8) is 0 Å². The van der Waals surface area contributed by atoms with Gasteiger partial charge in [-0.25, -0.2) is 28.4 Å². The monoisotopic (exact) mass is 453 g/mol. The van der Waals surface area contributed by atoms with Crippen LogP contribution in [0.3, 0.4) is 0 Å². The van der Waals surface area contributed by atoms with Gasteiger partial charge in [0.25, 0.3) is 6.43 Å². The lowest BCUT2D eigenvalue weighted by Gasteiger charge is -2.54. The van der Waals surface area contributed by atoms with Crippen LogP contribution in [0, 0.1) is 5.41 Å². The Labute approximate surface area is 179 Å². The number of alkyl halides is 5. The second-order valence-corrected chi connectivity index (χ2v) is 8.40. The van der Waals surface area contributed by atoms with Gasteiger partial charge in [0.1, 0.15) is 23.7 Å². The summed E-state index contributed by atoms with van der Waals surface area (Å²) in [5, 5.41) is 3.94. The number of anilines is 2. The molecule has 0 N–H and O–H groups in total. The minimum absolute atomic E-state index is 0.0995. The highest BCUT2D eigenvalue weighted by molar-refractivity contribution is 5.71. The molecule has 7 nitrogen and oxygen atoms in total. The molecule has 0 unspecified atom stereocenters. The Morgan fingerprint density at radius 3 is 2.31 bits per heavy atom. The van der Waals surface area contributed by atoms with Gasteiger partial charge < -0.3 is 9.80 Å². The Kier molecular flexibility index (Phi) is 4.90. The minimum Gasteiger partial charge on any atom is -0.357 e. The Bertz CT molecular complexity index is 1100. The lowest BCUT2D eigenvalue weighted by atomic mass is 9.72. The number of rotatable bonds is 4. The van der Waals surface area contributed by atoms with Gasteiger partial charge in [-0.3, -0.25) is 0 Å². The molecule has 12 heteroatoms. The van der Waals surface area contributed by atoms with Crippen LogP contribution in [0.25, 0.3) is 11.2 Å². The normalized spacial score (nSPS) is 18.6. The van der Waals surface area contributed by atoms with E-state index in [1.54, 1.807) is 6.20 Å². The van der Waals surface area contributed by atoms with Crippen molar-refractivity contribution >= 4 is 22.8 Å². The van der Waals surface area contributed by atoms with Crippen LogP contribution in [0.5, 0.6) is 0 Å². The average molecular weight is 453 g/mol. The summed E-state index contributed by atoms with van der Waals surface area (Å²) in [7, 11) is 0. The average Bonchev–Trinajstić information content (AvgIpc) is 3.13. The number of fused-ring (bicyclic) bond motifs is 1. The molecule has 3 aromatic rings. The highest BCUT2D eigenvalue weighted by atomic mass is 19.4. The first kappa shape index (κ1) is 20.8. The van der Waals surface area contributed by atoms with Crippen LogP contribution < -0.4 is 9.80 Å². The van der Waals surface area contributed by atoms with E-state index in [2.05, 4.69) is 25.0 Å². The van der Waals surface area contributed by atoms with E-state index in [1.807, 2.05) is 4.90 Å². The van der Waals surface area contributed by atoms with E-state index in [1.165, 1.54) is 16.9 Å². The lowest BCUT2D eigenvalue weighted by molar-refractivity contribution is -0.137. The fourth-order valence-electron chi connectivity index (χ4n) is 4.45. The number of pyridine rings is 1. The number of nitrogens with zero attached hydrogens (tertiary/aromatic N) is 7. The maximum atomic E-state index is 12.7. The maximum Gasteiger partial charge on any atom is 0.417 e. The molecule has 0 aromatic carbocycles. The van der Waals surface area contributed by atoms with Crippen LogP contribution in [0.4, 0.5) is 33.6 Å². The van der Waals surface area contributed by atoms with E-state index in [4.69, 9.17) is 0 Å². The summed E-state index contributed by atoms with van der Waals surface area (Å²) in [5.74, 6) is 1.18. The van der Waals surface area contributed by atoms with Crippen molar-refractivity contribution in [3.05, 3.63) is 36.3 Å². The molecule has 5 heterocycles. The lowest BCUT2D eigenvalue weighted by Crippen LogP contribution is -2.60. The molecule has 2 aliphatic heterocycles. The van der Waals surface area contributed by atoms with Crippen molar-refractivity contribution in [2.45, 2.75) is 32.0 Å². The highest BCUT2D eigenvalue weighted by Crippen LogP contribution is 2.43. The van der Waals surface area contributed by atoms with Gasteiger partial charge in [-0.2, -0.15) is 18.3 Å². The molecule has 0 bridgehead atoms. The van der Waals surface area contributed by atoms with E-state index in [-0.39, 0.29) is 5.41 Å². The van der Waals surface area contributed by atoms with E-state index in [9.17, 15) is 22.0 Å². The van der Waals surface area contributed by atoms with Crippen molar-refractivity contribution in [3.8, 4) is 0 Å². The summed E-state index contributed by atoms with van der Waals surface area (Å²) in [5.41, 5.74) is 0.161. The summed E-state index contributed by atoms with van der Waals surface area (Å²) in [6, 6.07) is 2.48. The fraction of sp³-hybridized carbons (Fsp3) is 0.500. The molecule has 3 aromatic heterocycles. The number of hydrogen-bond acceptors (Lipinski definition) is 6. The molecule has 32 heavy (non-hydrogen) atoms. The van der Waals surface area contributed by atoms with Crippen molar-refractivity contribution < 1.29 is 22.0 Å². The second kappa shape index (κ2) is 7.52. The number of halogens is 5. The van der Waals surface area contributed by atoms with Gasteiger partial charge in [-0.05, 0) is 25.0 Å². The zero-order valence-corrected chi connectivity index (χ0v) is 16.9. The van der Waals surface area contributed by atoms with Crippen molar-refractivity contribution in [2.75, 3.05) is 36.0 Å². The third-order valence-electron chi connectivity index (χ3n) is 6.24. The minimum atomic E-state index is -4.39. The third-order valence-corrected chi connectivity index (χ3v) is 6.24. The topological polar surface area (TPSA) is 63.0 Å². The zero-order valence-electron chi connectivity index (χ0n) is 16.9. The smallest absolute Gasteiger partial charge is 0.357 e. The maximum absolute atomic E-state index is 12.7. The summed E-state index contributed by atoms with van der Waals surface area (Å²) in [4.78, 5) is 16.9. The van der Waals surface area contributed by atoms with E-state index >= 15 is 0 Å². The summed E-state index contributed by atoms with van der Waals surface area (Å²) in [6.07, 6.45) is -1.23. The third kappa shape index (κ3) is 3.82. The van der Waals surface area contributed by atoms with Gasteiger partial charge in [0, 0.05) is 37.8 Å². The number of piperidine rings is 1. The molecule has 2 aliphatic rings. The largest absolute Gasteiger partial charge is 0.417 e. The van der Waals surface area contributed by atoms with Crippen LogP contribution in [0.2, 0.25) is 0 Å². The van der Waals surface area contributed by atoms with E-state index in [0.29, 0.717) is 35.9 Å². The van der Waals surface area contributed by atoms with Gasteiger partial charge in [-0.1, -0.05) is 0 Å². The van der Waals surface area contributed by atoms with Gasteiger partial charge in [0.2, 0.25) is 0 Å². The predicted molar refractivity (Wildman–Crippen MR) is 107 cm³/mol.